The third-order valence-corrected chi connectivity index (χ3v) is 7.19. The molecule has 22 heavy (non-hydrogen) atoms. The molecular formula is C14H20N2O4S2. The van der Waals surface area contributed by atoms with Gasteiger partial charge < -0.3 is 10.1 Å². The fraction of sp³-hybridized carbons (Fsp3) is 0.643. The van der Waals surface area contributed by atoms with Crippen LogP contribution in [-0.4, -0.2) is 39.1 Å². The molecule has 8 heteroatoms. The first kappa shape index (κ1) is 15.9. The van der Waals surface area contributed by atoms with E-state index < -0.39 is 10.0 Å². The molecule has 0 saturated carbocycles. The molecule has 2 aliphatic rings. The van der Waals surface area contributed by atoms with Crippen LogP contribution in [0, 0.1) is 0 Å². The van der Waals surface area contributed by atoms with Crippen LogP contribution in [0.4, 0.5) is 0 Å². The summed E-state index contributed by atoms with van der Waals surface area (Å²) in [7, 11) is -3.49. The highest BCUT2D eigenvalue weighted by molar-refractivity contribution is 7.91. The van der Waals surface area contributed by atoms with Crippen LogP contribution < -0.4 is 10.0 Å². The second kappa shape index (κ2) is 6.27. The number of rotatable bonds is 6. The second-order valence-corrected chi connectivity index (χ2v) is 8.90. The van der Waals surface area contributed by atoms with Crippen LogP contribution in [0.3, 0.4) is 0 Å². The molecule has 6 nitrogen and oxygen atoms in total. The fourth-order valence-corrected chi connectivity index (χ4v) is 5.67. The van der Waals surface area contributed by atoms with Crippen LogP contribution in [0.5, 0.6) is 0 Å². The second-order valence-electron chi connectivity index (χ2n) is 5.79. The number of carbonyl (C=O) groups is 1. The van der Waals surface area contributed by atoms with E-state index in [-0.39, 0.29) is 24.2 Å². The smallest absolute Gasteiger partial charge is 0.250 e. The molecule has 3 rings (SSSR count). The maximum Gasteiger partial charge on any atom is 0.250 e. The Bertz CT molecular complexity index is 656. The van der Waals surface area contributed by atoms with Crippen molar-refractivity contribution in [2.75, 3.05) is 6.54 Å². The lowest BCUT2D eigenvalue weighted by Crippen LogP contribution is -2.41. The van der Waals surface area contributed by atoms with Gasteiger partial charge in [0.05, 0.1) is 18.2 Å². The molecule has 1 aromatic heterocycles. The summed E-state index contributed by atoms with van der Waals surface area (Å²) in [6.07, 6.45) is 3.62. The Morgan fingerprint density at radius 1 is 1.41 bits per heavy atom. The summed E-state index contributed by atoms with van der Waals surface area (Å²) in [6.45, 7) is 1.98. The molecule has 0 aliphatic carbocycles. The topological polar surface area (TPSA) is 84.5 Å². The summed E-state index contributed by atoms with van der Waals surface area (Å²) in [6, 6.07) is 3.33. The molecule has 2 saturated heterocycles. The van der Waals surface area contributed by atoms with Crippen molar-refractivity contribution in [2.24, 2.45) is 0 Å². The number of fused-ring (bicyclic) bond motifs is 2. The summed E-state index contributed by atoms with van der Waals surface area (Å²) < 4.78 is 33.7. The van der Waals surface area contributed by atoms with Crippen LogP contribution in [0.2, 0.25) is 0 Å². The van der Waals surface area contributed by atoms with E-state index in [1.54, 1.807) is 12.1 Å². The summed E-state index contributed by atoms with van der Waals surface area (Å²) in [5.41, 5.74) is 0. The Balaban J connectivity index is 1.60. The number of nitrogens with one attached hydrogen (secondary N) is 2. The molecule has 122 valence electrons. The normalized spacial score (nSPS) is 27.2. The summed E-state index contributed by atoms with van der Waals surface area (Å²) in [4.78, 5) is 11.8. The lowest BCUT2D eigenvalue weighted by Gasteiger charge is -2.19. The maximum atomic E-state index is 12.4. The van der Waals surface area contributed by atoms with Gasteiger partial charge in [-0.15, -0.1) is 11.3 Å². The van der Waals surface area contributed by atoms with E-state index in [0.29, 0.717) is 17.2 Å². The number of ether oxygens (including phenoxy) is 1. The van der Waals surface area contributed by atoms with Gasteiger partial charge >= 0.3 is 0 Å². The van der Waals surface area contributed by atoms with Crippen molar-refractivity contribution in [3.8, 4) is 0 Å². The minimum atomic E-state index is -3.49. The fourth-order valence-electron chi connectivity index (χ4n) is 3.02. The molecular weight excluding hydrogens is 324 g/mol. The van der Waals surface area contributed by atoms with Gasteiger partial charge in [-0.05, 0) is 37.8 Å². The van der Waals surface area contributed by atoms with Crippen molar-refractivity contribution in [1.82, 2.24) is 10.0 Å². The largest absolute Gasteiger partial charge is 0.373 e. The molecule has 2 N–H and O–H groups in total. The zero-order valence-corrected chi connectivity index (χ0v) is 14.0. The molecule has 3 heterocycles. The van der Waals surface area contributed by atoms with Gasteiger partial charge in [0.15, 0.2) is 0 Å². The molecule has 0 unspecified atom stereocenters. The summed E-state index contributed by atoms with van der Waals surface area (Å²) in [5, 5.41) is 2.71. The third kappa shape index (κ3) is 3.51. The van der Waals surface area contributed by atoms with Gasteiger partial charge in [-0.25, -0.2) is 13.1 Å². The minimum Gasteiger partial charge on any atom is -0.373 e. The molecule has 0 spiro atoms. The predicted octanol–water partition coefficient (Wildman–Crippen LogP) is 1.02. The van der Waals surface area contributed by atoms with Gasteiger partial charge in [-0.2, -0.15) is 0 Å². The van der Waals surface area contributed by atoms with Crippen LogP contribution in [-0.2, 0) is 26.0 Å². The van der Waals surface area contributed by atoms with Gasteiger partial charge in [0, 0.05) is 18.3 Å². The molecule has 1 aromatic rings. The first-order chi connectivity index (χ1) is 10.4. The zero-order chi connectivity index (χ0) is 15.7. The predicted molar refractivity (Wildman–Crippen MR) is 83.3 cm³/mol. The van der Waals surface area contributed by atoms with Crippen LogP contribution in [0.15, 0.2) is 16.3 Å². The van der Waals surface area contributed by atoms with Gasteiger partial charge in [-0.1, -0.05) is 0 Å². The highest BCUT2D eigenvalue weighted by atomic mass is 32.2. The molecule has 2 fully saturated rings. The van der Waals surface area contributed by atoms with E-state index in [2.05, 4.69) is 10.0 Å². The molecule has 2 bridgehead atoms. The van der Waals surface area contributed by atoms with E-state index in [4.69, 9.17) is 4.74 Å². The molecule has 2 aliphatic heterocycles. The van der Waals surface area contributed by atoms with E-state index in [9.17, 15) is 13.2 Å². The summed E-state index contributed by atoms with van der Waals surface area (Å²) >= 11 is 1.25. The Hall–Kier alpha value is -0.960. The number of carbonyl (C=O) groups excluding carboxylic acids is 1. The average molecular weight is 344 g/mol. The van der Waals surface area contributed by atoms with Crippen molar-refractivity contribution in [3.63, 3.8) is 0 Å². The Labute approximate surface area is 134 Å². The Morgan fingerprint density at radius 2 is 2.23 bits per heavy atom. The van der Waals surface area contributed by atoms with Crippen LogP contribution in [0.25, 0.3) is 0 Å². The number of thiophene rings is 1. The third-order valence-electron chi connectivity index (χ3n) is 4.06. The lowest BCUT2D eigenvalue weighted by atomic mass is 9.96. The van der Waals surface area contributed by atoms with Crippen LogP contribution >= 0.6 is 11.3 Å². The average Bonchev–Trinajstić information content (AvgIpc) is 3.12. The SMILES string of the molecule is CC(=O)NCCc1ccc(S(=O)(=O)N[C@H]2C[C@H]3CC[C@H]2O3)s1. The van der Waals surface area contributed by atoms with Gasteiger partial charge in [0.2, 0.25) is 15.9 Å². The quantitative estimate of drug-likeness (QED) is 0.807. The van der Waals surface area contributed by atoms with E-state index in [1.807, 2.05) is 0 Å². The van der Waals surface area contributed by atoms with Crippen molar-refractivity contribution < 1.29 is 17.9 Å². The van der Waals surface area contributed by atoms with Crippen molar-refractivity contribution >= 4 is 27.3 Å². The van der Waals surface area contributed by atoms with Crippen molar-refractivity contribution in [3.05, 3.63) is 17.0 Å². The van der Waals surface area contributed by atoms with Gasteiger partial charge in [0.1, 0.15) is 4.21 Å². The van der Waals surface area contributed by atoms with E-state index in [1.165, 1.54) is 18.3 Å². The number of hydrogen-bond donors (Lipinski definition) is 2. The minimum absolute atomic E-state index is 0.0268. The molecule has 0 aromatic carbocycles. The maximum absolute atomic E-state index is 12.4. The van der Waals surface area contributed by atoms with Crippen LogP contribution in [0.1, 0.15) is 31.1 Å². The van der Waals surface area contributed by atoms with Gasteiger partial charge in [-0.3, -0.25) is 4.79 Å². The highest BCUT2D eigenvalue weighted by Crippen LogP contribution is 2.35. The number of sulfonamides is 1. The first-order valence-corrected chi connectivity index (χ1v) is 9.75. The van der Waals surface area contributed by atoms with Crippen molar-refractivity contribution in [1.29, 1.82) is 0 Å². The van der Waals surface area contributed by atoms with E-state index in [0.717, 1.165) is 24.1 Å². The standard InChI is InChI=1S/C14H20N2O4S2/c1-9(17)15-7-6-11-3-5-14(21-11)22(18,19)16-12-8-10-2-4-13(12)20-10/h3,5,10,12-13,16H,2,4,6-8H2,1H3,(H,15,17)/t10-,12+,13-/m1/s1. The summed E-state index contributed by atoms with van der Waals surface area (Å²) in [5.74, 6) is -0.0812. The lowest BCUT2D eigenvalue weighted by molar-refractivity contribution is -0.118. The number of amides is 1. The Kier molecular flexibility index (Phi) is 4.54. The van der Waals surface area contributed by atoms with E-state index >= 15 is 0 Å². The Morgan fingerprint density at radius 3 is 2.86 bits per heavy atom. The molecule has 0 radical (unpaired) electrons. The number of hydrogen-bond acceptors (Lipinski definition) is 5. The molecule has 1 amide bonds. The molecule has 3 atom stereocenters. The zero-order valence-electron chi connectivity index (χ0n) is 12.4. The highest BCUT2D eigenvalue weighted by Gasteiger charge is 2.42. The monoisotopic (exact) mass is 344 g/mol. The van der Waals surface area contributed by atoms with Crippen molar-refractivity contribution in [2.45, 2.75) is 55.1 Å². The first-order valence-electron chi connectivity index (χ1n) is 7.45. The van der Waals surface area contributed by atoms with Gasteiger partial charge in [0.25, 0.3) is 0 Å².